The van der Waals surface area contributed by atoms with E-state index in [0.29, 0.717) is 19.5 Å². The Morgan fingerprint density at radius 1 is 1.37 bits per heavy atom. The van der Waals surface area contributed by atoms with Crippen LogP contribution in [0.5, 0.6) is 11.5 Å². The normalized spacial score (nSPS) is 18.8. The average Bonchev–Trinajstić information content (AvgIpc) is 2.79. The second-order valence-corrected chi connectivity index (χ2v) is 4.70. The number of likely N-dealkylation sites (tertiary alicyclic amines) is 1. The molecule has 1 heterocycles. The van der Waals surface area contributed by atoms with E-state index < -0.39 is 0 Å². The summed E-state index contributed by atoms with van der Waals surface area (Å²) in [5.41, 5.74) is 0.911. The predicted octanol–water partition coefficient (Wildman–Crippen LogP) is 1.04. The van der Waals surface area contributed by atoms with Crippen LogP contribution in [0.3, 0.4) is 0 Å². The first kappa shape index (κ1) is 13.7. The highest BCUT2D eigenvalue weighted by Gasteiger charge is 2.29. The summed E-state index contributed by atoms with van der Waals surface area (Å²) in [4.78, 5) is 13.6. The molecule has 5 nitrogen and oxygen atoms in total. The van der Waals surface area contributed by atoms with Gasteiger partial charge in [0.15, 0.2) is 0 Å². The first-order chi connectivity index (χ1) is 9.17. The maximum atomic E-state index is 11.8. The van der Waals surface area contributed by atoms with Crippen LogP contribution in [-0.2, 0) is 11.3 Å². The number of ether oxygens (including phenoxy) is 2. The Bertz CT molecular complexity index is 461. The Balaban J connectivity index is 2.16. The van der Waals surface area contributed by atoms with E-state index in [1.807, 2.05) is 18.2 Å². The van der Waals surface area contributed by atoms with E-state index in [9.17, 15) is 4.79 Å². The summed E-state index contributed by atoms with van der Waals surface area (Å²) in [6.45, 7) is 1.13. The zero-order valence-electron chi connectivity index (χ0n) is 11.3. The van der Waals surface area contributed by atoms with E-state index in [0.717, 1.165) is 17.1 Å². The minimum absolute atomic E-state index is 0.0455. The van der Waals surface area contributed by atoms with Crippen LogP contribution >= 0.6 is 0 Å². The van der Waals surface area contributed by atoms with Crippen LogP contribution < -0.4 is 9.47 Å². The van der Waals surface area contributed by atoms with Crippen molar-refractivity contribution >= 4 is 5.91 Å². The number of carbonyl (C=O) groups is 1. The fourth-order valence-electron chi connectivity index (χ4n) is 2.34. The molecular weight excluding hydrogens is 246 g/mol. The van der Waals surface area contributed by atoms with Crippen molar-refractivity contribution in [2.24, 2.45) is 5.92 Å². The molecule has 0 aliphatic carbocycles. The van der Waals surface area contributed by atoms with E-state index in [1.54, 1.807) is 19.1 Å². The Morgan fingerprint density at radius 2 is 2.16 bits per heavy atom. The molecule has 1 amide bonds. The van der Waals surface area contributed by atoms with Gasteiger partial charge in [-0.2, -0.15) is 0 Å². The van der Waals surface area contributed by atoms with Crippen LogP contribution in [0.2, 0.25) is 0 Å². The van der Waals surface area contributed by atoms with Gasteiger partial charge in [-0.25, -0.2) is 0 Å². The Kier molecular flexibility index (Phi) is 4.27. The zero-order valence-corrected chi connectivity index (χ0v) is 11.3. The summed E-state index contributed by atoms with van der Waals surface area (Å²) in [5, 5.41) is 9.13. The van der Waals surface area contributed by atoms with Gasteiger partial charge in [0.2, 0.25) is 5.91 Å². The van der Waals surface area contributed by atoms with Crippen LogP contribution in [0.15, 0.2) is 18.2 Å². The lowest BCUT2D eigenvalue weighted by atomic mass is 10.1. The second kappa shape index (κ2) is 5.93. The van der Waals surface area contributed by atoms with Crippen LogP contribution in [0.1, 0.15) is 12.0 Å². The summed E-state index contributed by atoms with van der Waals surface area (Å²) in [7, 11) is 3.21. The van der Waals surface area contributed by atoms with Gasteiger partial charge in [-0.15, -0.1) is 0 Å². The molecular formula is C14H19NO4. The molecule has 1 aromatic rings. The third-order valence-corrected chi connectivity index (χ3v) is 3.40. The lowest BCUT2D eigenvalue weighted by Gasteiger charge is -2.18. The van der Waals surface area contributed by atoms with Crippen molar-refractivity contribution in [3.8, 4) is 11.5 Å². The van der Waals surface area contributed by atoms with Gasteiger partial charge in [-0.05, 0) is 18.2 Å². The summed E-state index contributed by atoms with van der Waals surface area (Å²) in [5.74, 6) is 1.59. The summed E-state index contributed by atoms with van der Waals surface area (Å²) < 4.78 is 10.5. The molecule has 0 radical (unpaired) electrons. The molecule has 0 spiro atoms. The molecule has 1 fully saturated rings. The first-order valence-electron chi connectivity index (χ1n) is 6.27. The summed E-state index contributed by atoms with van der Waals surface area (Å²) >= 11 is 0. The molecule has 0 saturated carbocycles. The SMILES string of the molecule is COc1ccc(OC)c(CN2CC(CO)CC2=O)c1. The minimum Gasteiger partial charge on any atom is -0.497 e. The van der Waals surface area contributed by atoms with Gasteiger partial charge in [0, 0.05) is 37.6 Å². The lowest BCUT2D eigenvalue weighted by molar-refractivity contribution is -0.128. The molecule has 0 bridgehead atoms. The average molecular weight is 265 g/mol. The highest BCUT2D eigenvalue weighted by Crippen LogP contribution is 2.27. The van der Waals surface area contributed by atoms with Crippen molar-refractivity contribution in [3.05, 3.63) is 23.8 Å². The monoisotopic (exact) mass is 265 g/mol. The summed E-state index contributed by atoms with van der Waals surface area (Å²) in [6.07, 6.45) is 0.419. The predicted molar refractivity (Wildman–Crippen MR) is 70.2 cm³/mol. The summed E-state index contributed by atoms with van der Waals surface area (Å²) in [6, 6.07) is 5.53. The highest BCUT2D eigenvalue weighted by molar-refractivity contribution is 5.78. The minimum atomic E-state index is 0.0455. The number of methoxy groups -OCH3 is 2. The number of amides is 1. The van der Waals surface area contributed by atoms with Crippen molar-refractivity contribution in [1.29, 1.82) is 0 Å². The largest absolute Gasteiger partial charge is 0.497 e. The molecule has 1 unspecified atom stereocenters. The number of benzene rings is 1. The molecule has 19 heavy (non-hydrogen) atoms. The van der Waals surface area contributed by atoms with Crippen molar-refractivity contribution in [2.75, 3.05) is 27.4 Å². The molecule has 1 aromatic carbocycles. The molecule has 1 N–H and O–H groups in total. The van der Waals surface area contributed by atoms with Gasteiger partial charge in [0.05, 0.1) is 14.2 Å². The molecule has 2 rings (SSSR count). The zero-order chi connectivity index (χ0) is 13.8. The Labute approximate surface area is 112 Å². The molecule has 1 atom stereocenters. The molecule has 1 aliphatic rings. The Morgan fingerprint density at radius 3 is 2.74 bits per heavy atom. The van der Waals surface area contributed by atoms with Crippen LogP contribution in [0, 0.1) is 5.92 Å². The molecule has 1 saturated heterocycles. The van der Waals surface area contributed by atoms with Gasteiger partial charge in [-0.3, -0.25) is 4.79 Å². The second-order valence-electron chi connectivity index (χ2n) is 4.70. The Hall–Kier alpha value is -1.75. The van der Waals surface area contributed by atoms with Gasteiger partial charge in [-0.1, -0.05) is 0 Å². The molecule has 0 aromatic heterocycles. The fraction of sp³-hybridized carbons (Fsp3) is 0.500. The lowest BCUT2D eigenvalue weighted by Crippen LogP contribution is -2.25. The quantitative estimate of drug-likeness (QED) is 0.864. The van der Waals surface area contributed by atoms with Crippen molar-refractivity contribution < 1.29 is 19.4 Å². The first-order valence-corrected chi connectivity index (χ1v) is 6.27. The van der Waals surface area contributed by atoms with E-state index >= 15 is 0 Å². The maximum Gasteiger partial charge on any atom is 0.223 e. The van der Waals surface area contributed by atoms with Gasteiger partial charge in [0.25, 0.3) is 0 Å². The van der Waals surface area contributed by atoms with Crippen molar-refractivity contribution in [3.63, 3.8) is 0 Å². The number of rotatable bonds is 5. The van der Waals surface area contributed by atoms with E-state index in [4.69, 9.17) is 14.6 Å². The topological polar surface area (TPSA) is 59.0 Å². The number of aliphatic hydroxyl groups excluding tert-OH is 1. The maximum absolute atomic E-state index is 11.8. The smallest absolute Gasteiger partial charge is 0.223 e. The van der Waals surface area contributed by atoms with Gasteiger partial charge >= 0.3 is 0 Å². The third-order valence-electron chi connectivity index (χ3n) is 3.40. The number of aliphatic hydroxyl groups is 1. The van der Waals surface area contributed by atoms with Crippen LogP contribution in [-0.4, -0.2) is 43.3 Å². The van der Waals surface area contributed by atoms with Gasteiger partial charge in [0.1, 0.15) is 11.5 Å². The van der Waals surface area contributed by atoms with E-state index in [2.05, 4.69) is 0 Å². The molecule has 104 valence electrons. The van der Waals surface area contributed by atoms with Crippen LogP contribution in [0.25, 0.3) is 0 Å². The highest BCUT2D eigenvalue weighted by atomic mass is 16.5. The van der Waals surface area contributed by atoms with Gasteiger partial charge < -0.3 is 19.5 Å². The number of hydrogen-bond acceptors (Lipinski definition) is 4. The number of carbonyl (C=O) groups excluding carboxylic acids is 1. The third kappa shape index (κ3) is 2.98. The standard InChI is InChI=1S/C14H19NO4/c1-18-12-3-4-13(19-2)11(6-12)8-15-7-10(9-16)5-14(15)17/h3-4,6,10,16H,5,7-9H2,1-2H3. The fourth-order valence-corrected chi connectivity index (χ4v) is 2.34. The number of hydrogen-bond donors (Lipinski definition) is 1. The van der Waals surface area contributed by atoms with Crippen LogP contribution in [0.4, 0.5) is 0 Å². The molecule has 1 aliphatic heterocycles. The van der Waals surface area contributed by atoms with Crippen molar-refractivity contribution in [1.82, 2.24) is 4.90 Å². The van der Waals surface area contributed by atoms with E-state index in [-0.39, 0.29) is 18.4 Å². The number of nitrogens with zero attached hydrogens (tertiary/aromatic N) is 1. The van der Waals surface area contributed by atoms with Crippen molar-refractivity contribution in [2.45, 2.75) is 13.0 Å². The molecule has 5 heteroatoms. The van der Waals surface area contributed by atoms with E-state index in [1.165, 1.54) is 0 Å².